The first-order chi connectivity index (χ1) is 15.4. The lowest BCUT2D eigenvalue weighted by atomic mass is 9.69. The van der Waals surface area contributed by atoms with Gasteiger partial charge in [-0.3, -0.25) is 14.4 Å². The van der Waals surface area contributed by atoms with Crippen LogP contribution in [0.4, 0.5) is 0 Å². The molecule has 2 fully saturated rings. The van der Waals surface area contributed by atoms with Crippen LogP contribution in [0.3, 0.4) is 0 Å². The molecule has 6 nitrogen and oxygen atoms in total. The summed E-state index contributed by atoms with van der Waals surface area (Å²) >= 11 is 0. The van der Waals surface area contributed by atoms with E-state index in [4.69, 9.17) is 9.47 Å². The maximum absolute atomic E-state index is 12.4. The van der Waals surface area contributed by atoms with Gasteiger partial charge in [-0.05, 0) is 82.3 Å². The Bertz CT molecular complexity index is 790. The lowest BCUT2D eigenvalue weighted by Crippen LogP contribution is -2.32. The SMILES string of the molecule is C=C(C)C(=O)NCCOC(=O)C1CCC(C2CCC(C(=O)Oc3ccccc3)CC2)CC1. The lowest BCUT2D eigenvalue weighted by molar-refractivity contribution is -0.150. The summed E-state index contributed by atoms with van der Waals surface area (Å²) in [5, 5.41) is 2.67. The van der Waals surface area contributed by atoms with E-state index < -0.39 is 0 Å². The molecule has 0 unspecified atom stereocenters. The summed E-state index contributed by atoms with van der Waals surface area (Å²) in [6.07, 6.45) is 7.66. The second-order valence-electron chi connectivity index (χ2n) is 9.16. The highest BCUT2D eigenvalue weighted by molar-refractivity contribution is 5.92. The average Bonchev–Trinajstić information content (AvgIpc) is 2.82. The molecule has 6 heteroatoms. The van der Waals surface area contributed by atoms with E-state index in [-0.39, 0.29) is 36.3 Å². The number of rotatable bonds is 8. The number of carbonyl (C=O) groups excluding carboxylic acids is 3. The molecule has 174 valence electrons. The molecule has 1 N–H and O–H groups in total. The van der Waals surface area contributed by atoms with Crippen molar-refractivity contribution in [2.24, 2.45) is 23.7 Å². The zero-order chi connectivity index (χ0) is 22.9. The zero-order valence-electron chi connectivity index (χ0n) is 19.0. The smallest absolute Gasteiger partial charge is 0.314 e. The summed E-state index contributed by atoms with van der Waals surface area (Å²) in [7, 11) is 0. The summed E-state index contributed by atoms with van der Waals surface area (Å²) in [6.45, 7) is 5.72. The van der Waals surface area contributed by atoms with E-state index in [9.17, 15) is 14.4 Å². The zero-order valence-corrected chi connectivity index (χ0v) is 19.0. The third-order valence-corrected chi connectivity index (χ3v) is 6.86. The Kier molecular flexibility index (Phi) is 8.89. The van der Waals surface area contributed by atoms with Crippen molar-refractivity contribution >= 4 is 17.8 Å². The standard InChI is InChI=1S/C26H35NO5/c1-18(2)24(28)27-16-17-31-25(29)21-12-8-19(9-13-21)20-10-14-22(15-11-20)26(30)32-23-6-4-3-5-7-23/h3-7,19-22H,1,8-17H2,2H3,(H,27,28). The van der Waals surface area contributed by atoms with E-state index in [0.717, 1.165) is 51.4 Å². The number of para-hydroxylation sites is 1. The minimum Gasteiger partial charge on any atom is -0.464 e. The van der Waals surface area contributed by atoms with E-state index in [1.54, 1.807) is 6.92 Å². The van der Waals surface area contributed by atoms with Crippen molar-refractivity contribution in [2.75, 3.05) is 13.2 Å². The largest absolute Gasteiger partial charge is 0.464 e. The van der Waals surface area contributed by atoms with Gasteiger partial charge in [-0.25, -0.2) is 0 Å². The molecule has 2 saturated carbocycles. The summed E-state index contributed by atoms with van der Waals surface area (Å²) in [5.74, 6) is 1.34. The van der Waals surface area contributed by atoms with Crippen molar-refractivity contribution in [3.05, 3.63) is 42.5 Å². The molecule has 32 heavy (non-hydrogen) atoms. The molecule has 1 amide bonds. The molecule has 0 atom stereocenters. The van der Waals surface area contributed by atoms with Crippen molar-refractivity contribution in [3.63, 3.8) is 0 Å². The third kappa shape index (κ3) is 6.94. The van der Waals surface area contributed by atoms with Crippen LogP contribution in [0.25, 0.3) is 0 Å². The Morgan fingerprint density at radius 3 is 1.94 bits per heavy atom. The molecule has 0 saturated heterocycles. The van der Waals surface area contributed by atoms with Gasteiger partial charge in [0.1, 0.15) is 12.4 Å². The molecule has 2 aliphatic rings. The van der Waals surface area contributed by atoms with Gasteiger partial charge < -0.3 is 14.8 Å². The van der Waals surface area contributed by atoms with Gasteiger partial charge in [-0.1, -0.05) is 24.8 Å². The molecule has 2 aliphatic carbocycles. The van der Waals surface area contributed by atoms with Gasteiger partial charge in [0.2, 0.25) is 5.91 Å². The first-order valence-electron chi connectivity index (χ1n) is 11.8. The van der Waals surface area contributed by atoms with Gasteiger partial charge in [-0.2, -0.15) is 0 Å². The number of carbonyl (C=O) groups is 3. The van der Waals surface area contributed by atoms with Gasteiger partial charge in [0.15, 0.2) is 0 Å². The molecule has 3 rings (SSSR count). The maximum Gasteiger partial charge on any atom is 0.314 e. The molecule has 0 heterocycles. The lowest BCUT2D eigenvalue weighted by Gasteiger charge is -2.36. The van der Waals surface area contributed by atoms with Crippen LogP contribution in [0.15, 0.2) is 42.5 Å². The molecular weight excluding hydrogens is 406 g/mol. The normalized spacial score (nSPS) is 25.4. The van der Waals surface area contributed by atoms with Crippen molar-refractivity contribution in [1.82, 2.24) is 5.32 Å². The van der Waals surface area contributed by atoms with Crippen LogP contribution in [-0.4, -0.2) is 31.0 Å². The fourth-order valence-electron chi connectivity index (χ4n) is 4.93. The maximum atomic E-state index is 12.4. The average molecular weight is 442 g/mol. The van der Waals surface area contributed by atoms with Crippen molar-refractivity contribution in [1.29, 1.82) is 0 Å². The number of amides is 1. The molecule has 1 aromatic rings. The topological polar surface area (TPSA) is 81.7 Å². The summed E-state index contributed by atoms with van der Waals surface area (Å²) in [6, 6.07) is 9.26. The highest BCUT2D eigenvalue weighted by Gasteiger charge is 2.35. The van der Waals surface area contributed by atoms with Crippen LogP contribution in [0.5, 0.6) is 5.75 Å². The van der Waals surface area contributed by atoms with E-state index in [0.29, 0.717) is 29.7 Å². The van der Waals surface area contributed by atoms with Crippen LogP contribution in [0, 0.1) is 23.7 Å². The van der Waals surface area contributed by atoms with Gasteiger partial charge in [0.05, 0.1) is 18.4 Å². The number of hydrogen-bond donors (Lipinski definition) is 1. The van der Waals surface area contributed by atoms with Gasteiger partial charge >= 0.3 is 11.9 Å². The molecule has 0 aliphatic heterocycles. The Labute approximate surface area is 190 Å². The first-order valence-corrected chi connectivity index (χ1v) is 11.8. The van der Waals surface area contributed by atoms with Crippen molar-refractivity contribution in [3.8, 4) is 5.75 Å². The fourth-order valence-corrected chi connectivity index (χ4v) is 4.93. The number of esters is 2. The molecule has 0 radical (unpaired) electrons. The van der Waals surface area contributed by atoms with E-state index in [1.165, 1.54) is 0 Å². The number of nitrogens with one attached hydrogen (secondary N) is 1. The second kappa shape index (κ2) is 11.8. The number of ether oxygens (including phenoxy) is 2. The Hall–Kier alpha value is -2.63. The molecule has 0 bridgehead atoms. The quantitative estimate of drug-likeness (QED) is 0.279. The predicted octanol–water partition coefficient (Wildman–Crippen LogP) is 4.44. The van der Waals surface area contributed by atoms with Crippen LogP contribution in [0.1, 0.15) is 58.3 Å². The molecular formula is C26H35NO5. The minimum atomic E-state index is -0.218. The second-order valence-corrected chi connectivity index (χ2v) is 9.16. The number of hydrogen-bond acceptors (Lipinski definition) is 5. The van der Waals surface area contributed by atoms with Gasteiger partial charge in [0, 0.05) is 5.57 Å². The minimum absolute atomic E-state index is 0.0110. The molecule has 0 spiro atoms. The third-order valence-electron chi connectivity index (χ3n) is 6.86. The highest BCUT2D eigenvalue weighted by Crippen LogP contribution is 2.41. The van der Waals surface area contributed by atoms with E-state index in [2.05, 4.69) is 11.9 Å². The predicted molar refractivity (Wildman–Crippen MR) is 122 cm³/mol. The summed E-state index contributed by atoms with van der Waals surface area (Å²) in [4.78, 5) is 36.2. The van der Waals surface area contributed by atoms with Crippen LogP contribution in [-0.2, 0) is 19.1 Å². The fraction of sp³-hybridized carbons (Fsp3) is 0.577. The van der Waals surface area contributed by atoms with Crippen LogP contribution >= 0.6 is 0 Å². The van der Waals surface area contributed by atoms with Crippen molar-refractivity contribution in [2.45, 2.75) is 58.3 Å². The van der Waals surface area contributed by atoms with Gasteiger partial charge in [-0.15, -0.1) is 0 Å². The molecule has 1 aromatic carbocycles. The summed E-state index contributed by atoms with van der Waals surface area (Å²) < 4.78 is 10.9. The van der Waals surface area contributed by atoms with E-state index in [1.807, 2.05) is 30.3 Å². The van der Waals surface area contributed by atoms with E-state index >= 15 is 0 Å². The Balaban J connectivity index is 1.32. The monoisotopic (exact) mass is 441 g/mol. The summed E-state index contributed by atoms with van der Waals surface area (Å²) in [5.41, 5.74) is 0.441. The Morgan fingerprint density at radius 2 is 1.41 bits per heavy atom. The number of benzene rings is 1. The first kappa shape index (κ1) is 24.0. The Morgan fingerprint density at radius 1 is 0.875 bits per heavy atom. The van der Waals surface area contributed by atoms with Gasteiger partial charge in [0.25, 0.3) is 0 Å². The van der Waals surface area contributed by atoms with Crippen LogP contribution < -0.4 is 10.1 Å². The highest BCUT2D eigenvalue weighted by atomic mass is 16.5. The van der Waals surface area contributed by atoms with Crippen molar-refractivity contribution < 1.29 is 23.9 Å². The van der Waals surface area contributed by atoms with Crippen LogP contribution in [0.2, 0.25) is 0 Å². The molecule has 0 aromatic heterocycles.